The second-order valence-corrected chi connectivity index (χ2v) is 5.56. The van der Waals surface area contributed by atoms with Gasteiger partial charge in [-0.1, -0.05) is 28.9 Å². The van der Waals surface area contributed by atoms with Gasteiger partial charge in [0.2, 0.25) is 5.91 Å². The van der Waals surface area contributed by atoms with Crippen molar-refractivity contribution in [2.75, 3.05) is 5.32 Å². The molecule has 0 aliphatic rings. The molecule has 0 bridgehead atoms. The van der Waals surface area contributed by atoms with Crippen LogP contribution < -0.4 is 10.9 Å². The summed E-state index contributed by atoms with van der Waals surface area (Å²) in [7, 11) is 0. The minimum Gasteiger partial charge on any atom is -0.324 e. The first kappa shape index (κ1) is 16.1. The predicted molar refractivity (Wildman–Crippen MR) is 88.5 cm³/mol. The van der Waals surface area contributed by atoms with Gasteiger partial charge in [-0.05, 0) is 37.3 Å². The first-order chi connectivity index (χ1) is 11.5. The average molecular weight is 347 g/mol. The summed E-state index contributed by atoms with van der Waals surface area (Å²) < 4.78 is 14.2. The fourth-order valence-electron chi connectivity index (χ4n) is 2.19. The van der Waals surface area contributed by atoms with Crippen LogP contribution in [0.3, 0.4) is 0 Å². The van der Waals surface area contributed by atoms with E-state index < -0.39 is 23.3 Å². The Labute approximate surface area is 140 Å². The molecule has 2 aromatic carbocycles. The molecule has 0 saturated heterocycles. The van der Waals surface area contributed by atoms with E-state index in [0.29, 0.717) is 16.6 Å². The van der Waals surface area contributed by atoms with E-state index >= 15 is 0 Å². The Hall–Kier alpha value is -2.80. The number of amides is 1. The SMILES string of the molecule is C[C@@H](C(=O)Nc1ccc(F)c(Cl)c1)n1nnc2ccccc2c1=O. The van der Waals surface area contributed by atoms with E-state index in [1.807, 2.05) is 0 Å². The maximum absolute atomic E-state index is 13.2. The lowest BCUT2D eigenvalue weighted by molar-refractivity contribution is -0.119. The lowest BCUT2D eigenvalue weighted by Crippen LogP contribution is -2.34. The van der Waals surface area contributed by atoms with Crippen LogP contribution in [0.5, 0.6) is 0 Å². The van der Waals surface area contributed by atoms with Gasteiger partial charge in [0.1, 0.15) is 17.4 Å². The molecule has 1 aromatic heterocycles. The standard InChI is InChI=1S/C16H12ClFN4O2/c1-9(15(23)19-10-6-7-13(18)12(17)8-10)22-16(24)11-4-2-3-5-14(11)20-21-22/h2-9H,1H3,(H,19,23)/t9-/m0/s1. The third-order valence-corrected chi connectivity index (χ3v) is 3.81. The van der Waals surface area contributed by atoms with Crippen molar-refractivity contribution in [2.24, 2.45) is 0 Å². The van der Waals surface area contributed by atoms with Crippen molar-refractivity contribution in [3.8, 4) is 0 Å². The number of anilines is 1. The summed E-state index contributed by atoms with van der Waals surface area (Å²) >= 11 is 5.68. The Kier molecular flexibility index (Phi) is 4.26. The van der Waals surface area contributed by atoms with Crippen molar-refractivity contribution in [3.63, 3.8) is 0 Å². The van der Waals surface area contributed by atoms with Gasteiger partial charge in [-0.15, -0.1) is 5.10 Å². The number of carbonyl (C=O) groups is 1. The maximum Gasteiger partial charge on any atom is 0.278 e. The molecule has 0 fully saturated rings. The van der Waals surface area contributed by atoms with Gasteiger partial charge >= 0.3 is 0 Å². The Balaban J connectivity index is 1.89. The first-order valence-corrected chi connectivity index (χ1v) is 7.45. The van der Waals surface area contributed by atoms with Crippen molar-refractivity contribution in [1.29, 1.82) is 0 Å². The first-order valence-electron chi connectivity index (χ1n) is 7.07. The fourth-order valence-corrected chi connectivity index (χ4v) is 2.37. The molecular formula is C16H12ClFN4O2. The summed E-state index contributed by atoms with van der Waals surface area (Å²) in [4.78, 5) is 24.8. The number of rotatable bonds is 3. The van der Waals surface area contributed by atoms with E-state index in [9.17, 15) is 14.0 Å². The summed E-state index contributed by atoms with van der Waals surface area (Å²) in [5.74, 6) is -1.08. The van der Waals surface area contributed by atoms with Crippen LogP contribution in [0.4, 0.5) is 10.1 Å². The molecule has 8 heteroatoms. The summed E-state index contributed by atoms with van der Waals surface area (Å²) in [5.41, 5.74) is 0.358. The van der Waals surface area contributed by atoms with Gasteiger partial charge in [0.15, 0.2) is 0 Å². The molecule has 0 aliphatic carbocycles. The van der Waals surface area contributed by atoms with Gasteiger partial charge in [0, 0.05) is 5.69 Å². The Morgan fingerprint density at radius 2 is 2.04 bits per heavy atom. The van der Waals surface area contributed by atoms with Crippen LogP contribution in [0, 0.1) is 5.82 Å². The van der Waals surface area contributed by atoms with E-state index in [1.165, 1.54) is 19.1 Å². The number of aromatic nitrogens is 3. The number of hydrogen-bond acceptors (Lipinski definition) is 4. The number of nitrogens with one attached hydrogen (secondary N) is 1. The van der Waals surface area contributed by atoms with E-state index in [2.05, 4.69) is 15.6 Å². The molecule has 122 valence electrons. The van der Waals surface area contributed by atoms with Gasteiger partial charge in [-0.25, -0.2) is 4.39 Å². The van der Waals surface area contributed by atoms with E-state index in [1.54, 1.807) is 24.3 Å². The van der Waals surface area contributed by atoms with Gasteiger partial charge in [-0.3, -0.25) is 9.59 Å². The third-order valence-electron chi connectivity index (χ3n) is 3.52. The molecule has 3 rings (SSSR count). The smallest absolute Gasteiger partial charge is 0.278 e. The molecule has 0 aliphatic heterocycles. The second kappa shape index (κ2) is 6.37. The molecule has 0 radical (unpaired) electrons. The summed E-state index contributed by atoms with van der Waals surface area (Å²) in [6, 6.07) is 9.64. The molecule has 0 saturated carbocycles. The topological polar surface area (TPSA) is 76.9 Å². The molecular weight excluding hydrogens is 335 g/mol. The van der Waals surface area contributed by atoms with Gasteiger partial charge in [0.25, 0.3) is 5.56 Å². The largest absolute Gasteiger partial charge is 0.324 e. The third kappa shape index (κ3) is 2.98. The average Bonchev–Trinajstić information content (AvgIpc) is 2.58. The van der Waals surface area contributed by atoms with Gasteiger partial charge in [0.05, 0.1) is 10.4 Å². The highest BCUT2D eigenvalue weighted by Gasteiger charge is 2.19. The summed E-state index contributed by atoms with van der Waals surface area (Å²) in [6.07, 6.45) is 0. The molecule has 3 aromatic rings. The number of hydrogen-bond donors (Lipinski definition) is 1. The van der Waals surface area contributed by atoms with Crippen molar-refractivity contribution < 1.29 is 9.18 Å². The normalized spacial score (nSPS) is 12.1. The highest BCUT2D eigenvalue weighted by Crippen LogP contribution is 2.20. The minimum absolute atomic E-state index is 0.108. The van der Waals surface area contributed by atoms with E-state index in [0.717, 1.165) is 10.7 Å². The Morgan fingerprint density at radius 1 is 1.29 bits per heavy atom. The molecule has 1 atom stereocenters. The molecule has 1 amide bonds. The summed E-state index contributed by atoms with van der Waals surface area (Å²) in [6.45, 7) is 1.52. The van der Waals surface area contributed by atoms with Gasteiger partial charge in [-0.2, -0.15) is 4.68 Å². The van der Waals surface area contributed by atoms with Crippen LogP contribution in [0.2, 0.25) is 5.02 Å². The van der Waals surface area contributed by atoms with E-state index in [4.69, 9.17) is 11.6 Å². The van der Waals surface area contributed by atoms with Crippen LogP contribution in [-0.4, -0.2) is 20.9 Å². The molecule has 0 spiro atoms. The Morgan fingerprint density at radius 3 is 2.79 bits per heavy atom. The minimum atomic E-state index is -0.904. The van der Waals surface area contributed by atoms with Crippen molar-refractivity contribution >= 4 is 34.1 Å². The molecule has 1 heterocycles. The van der Waals surface area contributed by atoms with Crippen molar-refractivity contribution in [3.05, 3.63) is 63.7 Å². The number of carbonyl (C=O) groups excluding carboxylic acids is 1. The van der Waals surface area contributed by atoms with E-state index in [-0.39, 0.29) is 5.02 Å². The highest BCUT2D eigenvalue weighted by atomic mass is 35.5. The second-order valence-electron chi connectivity index (χ2n) is 5.15. The van der Waals surface area contributed by atoms with Crippen LogP contribution in [0.15, 0.2) is 47.3 Å². The highest BCUT2D eigenvalue weighted by molar-refractivity contribution is 6.31. The van der Waals surface area contributed by atoms with Gasteiger partial charge < -0.3 is 5.32 Å². The van der Waals surface area contributed by atoms with Crippen molar-refractivity contribution in [1.82, 2.24) is 15.0 Å². The zero-order valence-electron chi connectivity index (χ0n) is 12.5. The van der Waals surface area contributed by atoms with Crippen LogP contribution >= 0.6 is 11.6 Å². The zero-order chi connectivity index (χ0) is 17.3. The lowest BCUT2D eigenvalue weighted by atomic mass is 10.2. The van der Waals surface area contributed by atoms with Crippen LogP contribution in [0.25, 0.3) is 10.9 Å². The maximum atomic E-state index is 13.2. The molecule has 1 N–H and O–H groups in total. The number of fused-ring (bicyclic) bond motifs is 1. The monoisotopic (exact) mass is 346 g/mol. The van der Waals surface area contributed by atoms with Crippen LogP contribution in [0.1, 0.15) is 13.0 Å². The zero-order valence-corrected chi connectivity index (χ0v) is 13.3. The molecule has 0 unspecified atom stereocenters. The lowest BCUT2D eigenvalue weighted by Gasteiger charge is -2.14. The molecule has 24 heavy (non-hydrogen) atoms. The van der Waals surface area contributed by atoms with Crippen molar-refractivity contribution in [2.45, 2.75) is 13.0 Å². The Bertz CT molecular complexity index is 989. The quantitative estimate of drug-likeness (QED) is 0.791. The predicted octanol–water partition coefficient (Wildman–Crippen LogP) is 2.78. The number of benzene rings is 2. The summed E-state index contributed by atoms with van der Waals surface area (Å²) in [5, 5.41) is 10.6. The number of nitrogens with zero attached hydrogens (tertiary/aromatic N) is 3. The molecule has 6 nitrogen and oxygen atoms in total. The fraction of sp³-hybridized carbons (Fsp3) is 0.125. The van der Waals surface area contributed by atoms with Crippen LogP contribution in [-0.2, 0) is 4.79 Å². The number of halogens is 2.